The van der Waals surface area contributed by atoms with Crippen molar-refractivity contribution in [3.63, 3.8) is 0 Å². The first-order valence-corrected chi connectivity index (χ1v) is 5.80. The minimum Gasteiger partial charge on any atom is -0.379 e. The fourth-order valence-electron chi connectivity index (χ4n) is 1.76. The van der Waals surface area contributed by atoms with Gasteiger partial charge in [-0.25, -0.2) is 0 Å². The zero-order valence-electron chi connectivity index (χ0n) is 9.99. The molecule has 0 amide bonds. The van der Waals surface area contributed by atoms with Crippen LogP contribution in [0.3, 0.4) is 0 Å². The molecule has 0 spiro atoms. The molecule has 2 aromatic rings. The highest BCUT2D eigenvalue weighted by Gasteiger charge is 2.22. The van der Waals surface area contributed by atoms with Crippen LogP contribution in [0.4, 0.5) is 5.69 Å². The molecule has 0 aromatic heterocycles. The number of hydrogen-bond acceptors (Lipinski definition) is 3. The van der Waals surface area contributed by atoms with Gasteiger partial charge in [0, 0.05) is 6.04 Å². The van der Waals surface area contributed by atoms with Crippen LogP contribution in [-0.2, 0) is 0 Å². The average Bonchev–Trinajstić information content (AvgIpc) is 2.38. The average molecular weight is 229 g/mol. The molecule has 0 aliphatic carbocycles. The van der Waals surface area contributed by atoms with Gasteiger partial charge in [-0.3, -0.25) is 9.59 Å². The van der Waals surface area contributed by atoms with E-state index in [4.69, 9.17) is 0 Å². The molecule has 0 aliphatic heterocycles. The van der Waals surface area contributed by atoms with Crippen molar-refractivity contribution in [2.75, 3.05) is 5.32 Å². The third kappa shape index (κ3) is 2.00. The van der Waals surface area contributed by atoms with E-state index in [0.29, 0.717) is 11.3 Å². The first kappa shape index (κ1) is 11.6. The van der Waals surface area contributed by atoms with E-state index in [1.54, 1.807) is 0 Å². The summed E-state index contributed by atoms with van der Waals surface area (Å²) >= 11 is 0. The Morgan fingerprint density at radius 1 is 1.12 bits per heavy atom. The molecular formula is C14H15NO2. The molecule has 2 rings (SSSR count). The van der Waals surface area contributed by atoms with Gasteiger partial charge in [0.05, 0.1) is 11.3 Å². The fraction of sp³-hybridized carbons (Fsp3) is 0.286. The summed E-state index contributed by atoms with van der Waals surface area (Å²) < 4.78 is 0. The largest absolute Gasteiger partial charge is 0.379 e. The monoisotopic (exact) mass is 229 g/mol. The van der Waals surface area contributed by atoms with Crippen LogP contribution >= 0.6 is 0 Å². The Bertz CT molecular complexity index is 580. The van der Waals surface area contributed by atoms with Crippen molar-refractivity contribution in [3.8, 4) is 11.1 Å². The molecule has 0 heterocycles. The second-order valence-corrected chi connectivity index (χ2v) is 4.23. The zero-order valence-corrected chi connectivity index (χ0v) is 9.99. The highest BCUT2D eigenvalue weighted by Crippen LogP contribution is 2.23. The van der Waals surface area contributed by atoms with E-state index >= 15 is 0 Å². The van der Waals surface area contributed by atoms with Gasteiger partial charge in [0.25, 0.3) is 0 Å². The van der Waals surface area contributed by atoms with E-state index in [2.05, 4.69) is 5.32 Å². The molecule has 0 saturated carbocycles. The van der Waals surface area contributed by atoms with Gasteiger partial charge in [-0.15, -0.1) is 0 Å². The molecule has 0 aliphatic rings. The van der Waals surface area contributed by atoms with Crippen LogP contribution in [-0.4, -0.2) is 6.04 Å². The minimum atomic E-state index is -0.399. The number of benzene rings is 1. The van der Waals surface area contributed by atoms with Crippen molar-refractivity contribution >= 4 is 5.69 Å². The zero-order chi connectivity index (χ0) is 12.4. The summed E-state index contributed by atoms with van der Waals surface area (Å²) in [6.07, 6.45) is 0.910. The van der Waals surface area contributed by atoms with Crippen LogP contribution in [0.2, 0.25) is 0 Å². The topological polar surface area (TPSA) is 46.2 Å². The van der Waals surface area contributed by atoms with Gasteiger partial charge in [0.15, 0.2) is 0 Å². The molecule has 17 heavy (non-hydrogen) atoms. The van der Waals surface area contributed by atoms with E-state index < -0.39 is 5.43 Å². The van der Waals surface area contributed by atoms with Crippen LogP contribution < -0.4 is 16.2 Å². The maximum absolute atomic E-state index is 11.6. The van der Waals surface area contributed by atoms with E-state index in [9.17, 15) is 9.59 Å². The summed E-state index contributed by atoms with van der Waals surface area (Å²) in [4.78, 5) is 23.1. The van der Waals surface area contributed by atoms with Gasteiger partial charge in [-0.1, -0.05) is 37.3 Å². The second kappa shape index (κ2) is 4.53. The Kier molecular flexibility index (Phi) is 3.09. The van der Waals surface area contributed by atoms with Crippen LogP contribution in [0.15, 0.2) is 39.9 Å². The Labute approximate surface area is 99.8 Å². The van der Waals surface area contributed by atoms with Crippen LogP contribution in [0.5, 0.6) is 0 Å². The molecule has 1 N–H and O–H groups in total. The molecule has 3 nitrogen and oxygen atoms in total. The molecule has 88 valence electrons. The Balaban J connectivity index is 2.40. The lowest BCUT2D eigenvalue weighted by Crippen LogP contribution is -2.38. The van der Waals surface area contributed by atoms with Gasteiger partial charge in [0.2, 0.25) is 10.9 Å². The van der Waals surface area contributed by atoms with Crippen molar-refractivity contribution in [1.82, 2.24) is 0 Å². The van der Waals surface area contributed by atoms with E-state index in [-0.39, 0.29) is 11.5 Å². The lowest BCUT2D eigenvalue weighted by atomic mass is 9.98. The summed E-state index contributed by atoms with van der Waals surface area (Å²) in [6, 6.07) is 9.49. The van der Waals surface area contributed by atoms with Crippen molar-refractivity contribution in [2.45, 2.75) is 26.3 Å². The molecule has 0 radical (unpaired) electrons. The summed E-state index contributed by atoms with van der Waals surface area (Å²) in [5.41, 5.74) is 1.01. The van der Waals surface area contributed by atoms with Gasteiger partial charge in [-0.05, 0) is 18.9 Å². The highest BCUT2D eigenvalue weighted by molar-refractivity contribution is 5.81. The second-order valence-electron chi connectivity index (χ2n) is 4.23. The maximum atomic E-state index is 11.6. The van der Waals surface area contributed by atoms with Gasteiger partial charge >= 0.3 is 0 Å². The summed E-state index contributed by atoms with van der Waals surface area (Å²) in [6.45, 7) is 4.02. The molecule has 1 atom stereocenters. The lowest BCUT2D eigenvalue weighted by Gasteiger charge is -2.17. The third-order valence-electron chi connectivity index (χ3n) is 2.98. The molecule has 3 heteroatoms. The van der Waals surface area contributed by atoms with Crippen molar-refractivity contribution in [2.24, 2.45) is 0 Å². The van der Waals surface area contributed by atoms with Crippen LogP contribution in [0.1, 0.15) is 20.3 Å². The molecule has 0 bridgehead atoms. The van der Waals surface area contributed by atoms with Gasteiger partial charge < -0.3 is 5.32 Å². The lowest BCUT2D eigenvalue weighted by molar-refractivity contribution is 0.762. The SMILES string of the molecule is CC[C@H](C)Nc1c(-c2ccccc2)c(=O)c1=O. The minimum absolute atomic E-state index is 0.195. The predicted molar refractivity (Wildman–Crippen MR) is 70.2 cm³/mol. The normalized spacial score (nSPS) is 12.6. The standard InChI is InChI=1S/C14H15NO2/c1-3-9(2)15-12-11(13(16)14(12)17)10-7-5-4-6-8-10/h4-9,15H,3H2,1-2H3/t9-/m0/s1. The first-order chi connectivity index (χ1) is 8.15. The predicted octanol–water partition coefficient (Wildman–Crippen LogP) is 2.16. The van der Waals surface area contributed by atoms with Crippen molar-refractivity contribution in [3.05, 3.63) is 50.8 Å². The molecular weight excluding hydrogens is 214 g/mol. The first-order valence-electron chi connectivity index (χ1n) is 5.80. The Morgan fingerprint density at radius 3 is 2.35 bits per heavy atom. The van der Waals surface area contributed by atoms with Crippen molar-refractivity contribution < 1.29 is 0 Å². The molecule has 0 fully saturated rings. The summed E-state index contributed by atoms with van der Waals surface area (Å²) in [7, 11) is 0. The molecule has 0 saturated heterocycles. The van der Waals surface area contributed by atoms with Crippen LogP contribution in [0.25, 0.3) is 11.1 Å². The molecule has 0 unspecified atom stereocenters. The number of rotatable bonds is 4. The van der Waals surface area contributed by atoms with Crippen LogP contribution in [0, 0.1) is 0 Å². The van der Waals surface area contributed by atoms with Gasteiger partial charge in [0.1, 0.15) is 0 Å². The smallest absolute Gasteiger partial charge is 0.250 e. The summed E-state index contributed by atoms with van der Waals surface area (Å²) in [5, 5.41) is 3.10. The Hall–Kier alpha value is -1.90. The molecule has 2 aromatic carbocycles. The maximum Gasteiger partial charge on any atom is 0.250 e. The van der Waals surface area contributed by atoms with Gasteiger partial charge in [-0.2, -0.15) is 0 Å². The Morgan fingerprint density at radius 2 is 1.76 bits per heavy atom. The number of hydrogen-bond donors (Lipinski definition) is 1. The van der Waals surface area contributed by atoms with E-state index in [1.165, 1.54) is 0 Å². The quantitative estimate of drug-likeness (QED) is 0.817. The van der Waals surface area contributed by atoms with E-state index in [0.717, 1.165) is 12.0 Å². The summed E-state index contributed by atoms with van der Waals surface area (Å²) in [5.74, 6) is 0. The van der Waals surface area contributed by atoms with Crippen molar-refractivity contribution in [1.29, 1.82) is 0 Å². The van der Waals surface area contributed by atoms with E-state index in [1.807, 2.05) is 44.2 Å². The highest BCUT2D eigenvalue weighted by atomic mass is 16.2. The third-order valence-corrected chi connectivity index (χ3v) is 2.98. The number of anilines is 1. The number of nitrogens with one attached hydrogen (secondary N) is 1. The fourth-order valence-corrected chi connectivity index (χ4v) is 1.76.